The molecule has 1 aliphatic rings. The Kier molecular flexibility index (Phi) is 8.92. The molecule has 0 radical (unpaired) electrons. The van der Waals surface area contributed by atoms with Gasteiger partial charge in [0.1, 0.15) is 29.2 Å². The summed E-state index contributed by atoms with van der Waals surface area (Å²) in [4.78, 5) is 16.8. The highest BCUT2D eigenvalue weighted by atomic mass is 19.1. The van der Waals surface area contributed by atoms with Gasteiger partial charge in [0.05, 0.1) is 20.8 Å². The van der Waals surface area contributed by atoms with Crippen molar-refractivity contribution in [2.24, 2.45) is 0 Å². The lowest BCUT2D eigenvalue weighted by molar-refractivity contribution is 0.0498. The Morgan fingerprint density at radius 1 is 0.838 bits per heavy atom. The molecule has 9 heteroatoms. The highest BCUT2D eigenvalue weighted by Gasteiger charge is 2.22. The summed E-state index contributed by atoms with van der Waals surface area (Å²) < 4.78 is 43.6. The van der Waals surface area contributed by atoms with Gasteiger partial charge >= 0.3 is 6.03 Å². The fourth-order valence-corrected chi connectivity index (χ4v) is 4.22. The molecule has 1 aliphatic heterocycles. The largest absolute Gasteiger partial charge is 0.497 e. The molecule has 3 aromatic carbocycles. The first-order chi connectivity index (χ1) is 17.9. The molecular formula is C28H31F2N3O4. The Balaban J connectivity index is 1.29. The molecule has 0 aromatic heterocycles. The van der Waals surface area contributed by atoms with Gasteiger partial charge in [0, 0.05) is 56.6 Å². The molecule has 1 N–H and O–H groups in total. The summed E-state index contributed by atoms with van der Waals surface area (Å²) >= 11 is 0. The van der Waals surface area contributed by atoms with E-state index in [0.717, 1.165) is 11.1 Å². The third kappa shape index (κ3) is 7.18. The minimum Gasteiger partial charge on any atom is -0.497 e. The number of nitrogens with zero attached hydrogens (tertiary/aromatic N) is 2. The van der Waals surface area contributed by atoms with Gasteiger partial charge in [-0.2, -0.15) is 0 Å². The monoisotopic (exact) mass is 511 g/mol. The Hall–Kier alpha value is -3.69. The summed E-state index contributed by atoms with van der Waals surface area (Å²) in [6.07, 6.45) is -0.437. The van der Waals surface area contributed by atoms with Crippen LogP contribution in [0.4, 0.5) is 19.3 Å². The van der Waals surface area contributed by atoms with Crippen LogP contribution in [0.3, 0.4) is 0 Å². The van der Waals surface area contributed by atoms with E-state index in [0.29, 0.717) is 56.5 Å². The lowest BCUT2D eigenvalue weighted by atomic mass is 10.0. The van der Waals surface area contributed by atoms with Crippen molar-refractivity contribution in [1.82, 2.24) is 9.80 Å². The van der Waals surface area contributed by atoms with Crippen LogP contribution >= 0.6 is 0 Å². The third-order valence-corrected chi connectivity index (χ3v) is 6.30. The maximum Gasteiger partial charge on any atom is 0.321 e. The first-order valence-corrected chi connectivity index (χ1v) is 12.1. The molecule has 7 nitrogen and oxygen atoms in total. The van der Waals surface area contributed by atoms with Gasteiger partial charge in [-0.1, -0.05) is 24.3 Å². The maximum absolute atomic E-state index is 13.4. The lowest BCUT2D eigenvalue weighted by Gasteiger charge is -2.35. The fourth-order valence-electron chi connectivity index (χ4n) is 4.22. The summed E-state index contributed by atoms with van der Waals surface area (Å²) in [5.74, 6) is 0.543. The van der Waals surface area contributed by atoms with E-state index in [9.17, 15) is 13.6 Å². The van der Waals surface area contributed by atoms with Crippen molar-refractivity contribution >= 4 is 11.7 Å². The number of piperazine rings is 1. The predicted octanol–water partition coefficient (Wildman–Crippen LogP) is 4.94. The molecule has 1 fully saturated rings. The quantitative estimate of drug-likeness (QED) is 0.441. The molecule has 0 saturated carbocycles. The van der Waals surface area contributed by atoms with Gasteiger partial charge in [0.2, 0.25) is 0 Å². The fraction of sp³-hybridized carbons (Fsp3) is 0.321. The number of hydrogen-bond donors (Lipinski definition) is 1. The molecule has 0 spiro atoms. The standard InChI is InChI=1S/C28H31F2N3O4/c1-35-25-17-24(18-26(19-25)36-2)31-28(34)33-13-11-32(12-14-33)15-16-37-27(20-3-7-22(29)8-4-20)21-5-9-23(30)10-6-21/h3-10,17-19,27H,11-16H2,1-2H3,(H,31,34). The minimum atomic E-state index is -0.437. The maximum atomic E-state index is 13.4. The third-order valence-electron chi connectivity index (χ3n) is 6.30. The van der Waals surface area contributed by atoms with E-state index in [2.05, 4.69) is 10.2 Å². The van der Waals surface area contributed by atoms with E-state index < -0.39 is 6.10 Å². The van der Waals surface area contributed by atoms with Crippen LogP contribution in [-0.2, 0) is 4.74 Å². The number of methoxy groups -OCH3 is 2. The van der Waals surface area contributed by atoms with Gasteiger partial charge in [0.25, 0.3) is 0 Å². The molecule has 3 aromatic rings. The molecule has 196 valence electrons. The summed E-state index contributed by atoms with van der Waals surface area (Å²) in [5, 5.41) is 2.91. The highest BCUT2D eigenvalue weighted by Crippen LogP contribution is 2.27. The number of halogens is 2. The zero-order chi connectivity index (χ0) is 26.2. The number of rotatable bonds is 9. The summed E-state index contributed by atoms with van der Waals surface area (Å²) in [7, 11) is 3.12. The number of nitrogens with one attached hydrogen (secondary N) is 1. The van der Waals surface area contributed by atoms with Crippen molar-refractivity contribution in [3.63, 3.8) is 0 Å². The second-order valence-electron chi connectivity index (χ2n) is 8.71. The summed E-state index contributed by atoms with van der Waals surface area (Å²) in [6.45, 7) is 3.65. The predicted molar refractivity (Wildman–Crippen MR) is 137 cm³/mol. The lowest BCUT2D eigenvalue weighted by Crippen LogP contribution is -2.50. The smallest absolute Gasteiger partial charge is 0.321 e. The van der Waals surface area contributed by atoms with Crippen LogP contribution in [0.5, 0.6) is 11.5 Å². The molecular weight excluding hydrogens is 480 g/mol. The Bertz CT molecular complexity index is 1100. The number of carbonyl (C=O) groups is 1. The average molecular weight is 512 g/mol. The van der Waals surface area contributed by atoms with Crippen molar-refractivity contribution in [3.8, 4) is 11.5 Å². The van der Waals surface area contributed by atoms with E-state index >= 15 is 0 Å². The van der Waals surface area contributed by atoms with Crippen LogP contribution in [0.2, 0.25) is 0 Å². The normalized spacial score (nSPS) is 14.0. The Morgan fingerprint density at radius 2 is 1.35 bits per heavy atom. The Labute approximate surface area is 215 Å². The molecule has 1 heterocycles. The number of amides is 2. The van der Waals surface area contributed by atoms with Crippen LogP contribution in [0.15, 0.2) is 66.7 Å². The zero-order valence-corrected chi connectivity index (χ0v) is 21.0. The van der Waals surface area contributed by atoms with Gasteiger partial charge < -0.3 is 24.4 Å². The van der Waals surface area contributed by atoms with E-state index in [1.54, 1.807) is 61.6 Å². The van der Waals surface area contributed by atoms with Gasteiger partial charge in [-0.3, -0.25) is 4.90 Å². The molecule has 0 unspecified atom stereocenters. The summed E-state index contributed by atoms with van der Waals surface area (Å²) in [6, 6.07) is 17.3. The van der Waals surface area contributed by atoms with Gasteiger partial charge in [-0.15, -0.1) is 0 Å². The van der Waals surface area contributed by atoms with Crippen LogP contribution in [-0.4, -0.2) is 69.4 Å². The minimum absolute atomic E-state index is 0.182. The molecule has 0 bridgehead atoms. The van der Waals surface area contributed by atoms with E-state index in [1.807, 2.05) is 0 Å². The van der Waals surface area contributed by atoms with E-state index in [1.165, 1.54) is 24.3 Å². The van der Waals surface area contributed by atoms with Gasteiger partial charge in [0.15, 0.2) is 0 Å². The molecule has 4 rings (SSSR count). The molecule has 0 atom stereocenters. The van der Waals surface area contributed by atoms with Crippen LogP contribution < -0.4 is 14.8 Å². The van der Waals surface area contributed by atoms with Crippen LogP contribution in [0, 0.1) is 11.6 Å². The Morgan fingerprint density at radius 3 is 1.84 bits per heavy atom. The van der Waals surface area contributed by atoms with E-state index in [-0.39, 0.29) is 17.7 Å². The van der Waals surface area contributed by atoms with Crippen molar-refractivity contribution in [2.75, 3.05) is 58.9 Å². The van der Waals surface area contributed by atoms with E-state index in [4.69, 9.17) is 14.2 Å². The number of hydrogen-bond acceptors (Lipinski definition) is 5. The first kappa shape index (κ1) is 26.4. The second kappa shape index (κ2) is 12.5. The molecule has 37 heavy (non-hydrogen) atoms. The number of carbonyl (C=O) groups excluding carboxylic acids is 1. The number of urea groups is 1. The summed E-state index contributed by atoms with van der Waals surface area (Å²) in [5.41, 5.74) is 2.19. The van der Waals surface area contributed by atoms with Gasteiger partial charge in [-0.05, 0) is 35.4 Å². The highest BCUT2D eigenvalue weighted by molar-refractivity contribution is 5.90. The van der Waals surface area contributed by atoms with Crippen molar-refractivity contribution in [3.05, 3.63) is 89.5 Å². The average Bonchev–Trinajstić information content (AvgIpc) is 2.92. The van der Waals surface area contributed by atoms with Crippen molar-refractivity contribution in [2.45, 2.75) is 6.10 Å². The van der Waals surface area contributed by atoms with Crippen LogP contribution in [0.1, 0.15) is 17.2 Å². The van der Waals surface area contributed by atoms with Crippen molar-refractivity contribution < 1.29 is 27.8 Å². The first-order valence-electron chi connectivity index (χ1n) is 12.1. The second-order valence-corrected chi connectivity index (χ2v) is 8.71. The van der Waals surface area contributed by atoms with Crippen molar-refractivity contribution in [1.29, 1.82) is 0 Å². The zero-order valence-electron chi connectivity index (χ0n) is 21.0. The number of anilines is 1. The SMILES string of the molecule is COc1cc(NC(=O)N2CCN(CCOC(c3ccc(F)cc3)c3ccc(F)cc3)CC2)cc(OC)c1. The molecule has 0 aliphatic carbocycles. The topological polar surface area (TPSA) is 63.3 Å². The van der Waals surface area contributed by atoms with Gasteiger partial charge in [-0.25, -0.2) is 13.6 Å². The van der Waals surface area contributed by atoms with Crippen LogP contribution in [0.25, 0.3) is 0 Å². The molecule has 2 amide bonds. The number of ether oxygens (including phenoxy) is 3. The number of benzene rings is 3. The molecule has 1 saturated heterocycles.